The molecule has 0 amide bonds. The number of rotatable bonds is 4. The fourth-order valence-electron chi connectivity index (χ4n) is 1.90. The molecule has 5 nitrogen and oxygen atoms in total. The highest BCUT2D eigenvalue weighted by atomic mass is 16.5. The van der Waals surface area contributed by atoms with Gasteiger partial charge in [-0.2, -0.15) is 0 Å². The third kappa shape index (κ3) is 2.76. The van der Waals surface area contributed by atoms with Crippen LogP contribution < -0.4 is 15.8 Å². The van der Waals surface area contributed by atoms with Crippen LogP contribution in [0.25, 0.3) is 0 Å². The normalized spacial score (nSPS) is 14.2. The molecule has 0 radical (unpaired) electrons. The number of ether oxygens (including phenoxy) is 1. The molecule has 0 unspecified atom stereocenters. The van der Waals surface area contributed by atoms with E-state index in [0.29, 0.717) is 11.7 Å². The number of nitrogens with zero attached hydrogens (tertiary/aromatic N) is 2. The minimum Gasteiger partial charge on any atom is -0.497 e. The number of nitrogens with two attached hydrogens (primary N) is 1. The van der Waals surface area contributed by atoms with Gasteiger partial charge in [-0.3, -0.25) is 0 Å². The Morgan fingerprint density at radius 2 is 1.95 bits per heavy atom. The summed E-state index contributed by atoms with van der Waals surface area (Å²) in [6.07, 6.45) is 2.32. The summed E-state index contributed by atoms with van der Waals surface area (Å²) >= 11 is 0. The minimum atomic E-state index is 0.486. The predicted molar refractivity (Wildman–Crippen MR) is 74.7 cm³/mol. The van der Waals surface area contributed by atoms with Crippen molar-refractivity contribution in [1.82, 2.24) is 9.97 Å². The molecule has 1 aliphatic carbocycles. The summed E-state index contributed by atoms with van der Waals surface area (Å²) in [7, 11) is 1.65. The molecule has 1 heterocycles. The summed E-state index contributed by atoms with van der Waals surface area (Å²) < 4.78 is 5.12. The molecule has 0 saturated heterocycles. The molecule has 0 spiro atoms. The van der Waals surface area contributed by atoms with E-state index < -0.39 is 0 Å². The van der Waals surface area contributed by atoms with E-state index >= 15 is 0 Å². The van der Waals surface area contributed by atoms with Crippen molar-refractivity contribution >= 4 is 17.3 Å². The molecule has 1 fully saturated rings. The van der Waals surface area contributed by atoms with Crippen molar-refractivity contribution in [2.75, 3.05) is 18.2 Å². The topological polar surface area (TPSA) is 73.1 Å². The van der Waals surface area contributed by atoms with Crippen LogP contribution in [0.2, 0.25) is 0 Å². The van der Waals surface area contributed by atoms with E-state index in [4.69, 9.17) is 10.5 Å². The van der Waals surface area contributed by atoms with E-state index in [2.05, 4.69) is 15.3 Å². The molecular weight excluding hydrogens is 240 g/mol. The maximum absolute atomic E-state index is 5.81. The van der Waals surface area contributed by atoms with Crippen LogP contribution >= 0.6 is 0 Å². The number of methoxy groups -OCH3 is 1. The Morgan fingerprint density at radius 1 is 1.21 bits per heavy atom. The Bertz CT molecular complexity index is 578. The molecule has 1 aliphatic rings. The molecule has 5 heteroatoms. The second kappa shape index (κ2) is 4.76. The van der Waals surface area contributed by atoms with E-state index in [-0.39, 0.29) is 0 Å². The Hall–Kier alpha value is -2.30. The fourth-order valence-corrected chi connectivity index (χ4v) is 1.90. The zero-order valence-electron chi connectivity index (χ0n) is 10.8. The van der Waals surface area contributed by atoms with E-state index in [9.17, 15) is 0 Å². The van der Waals surface area contributed by atoms with Gasteiger partial charge < -0.3 is 15.8 Å². The maximum atomic E-state index is 5.81. The van der Waals surface area contributed by atoms with Crippen molar-refractivity contribution in [3.8, 4) is 5.75 Å². The molecule has 0 bridgehead atoms. The highest BCUT2D eigenvalue weighted by Gasteiger charge is 2.27. The first-order chi connectivity index (χ1) is 9.24. The summed E-state index contributed by atoms with van der Waals surface area (Å²) in [5.74, 6) is 3.40. The molecule has 1 aromatic heterocycles. The number of anilines is 3. The summed E-state index contributed by atoms with van der Waals surface area (Å²) in [6, 6.07) is 9.42. The second-order valence-corrected chi connectivity index (χ2v) is 4.66. The molecule has 19 heavy (non-hydrogen) atoms. The van der Waals surface area contributed by atoms with Crippen molar-refractivity contribution in [1.29, 1.82) is 0 Å². The number of aromatic nitrogens is 2. The molecule has 3 N–H and O–H groups in total. The zero-order chi connectivity index (χ0) is 13.2. The molecule has 1 saturated carbocycles. The molecule has 1 aromatic carbocycles. The Labute approximate surface area is 111 Å². The van der Waals surface area contributed by atoms with Crippen LogP contribution in [-0.2, 0) is 0 Å². The molecule has 2 aromatic rings. The zero-order valence-corrected chi connectivity index (χ0v) is 10.8. The average Bonchev–Trinajstić information content (AvgIpc) is 3.23. The Kier molecular flexibility index (Phi) is 2.95. The largest absolute Gasteiger partial charge is 0.497 e. The van der Waals surface area contributed by atoms with E-state index in [0.717, 1.165) is 35.9 Å². The number of hydrogen-bond donors (Lipinski definition) is 2. The highest BCUT2D eigenvalue weighted by molar-refractivity contribution is 5.59. The average molecular weight is 256 g/mol. The number of nitrogen functional groups attached to an aromatic ring is 1. The van der Waals surface area contributed by atoms with Crippen molar-refractivity contribution in [3.05, 3.63) is 36.2 Å². The van der Waals surface area contributed by atoms with Crippen LogP contribution in [0.15, 0.2) is 30.3 Å². The van der Waals surface area contributed by atoms with Gasteiger partial charge in [0.2, 0.25) is 0 Å². The standard InChI is InChI=1S/C14H16N4O/c1-19-11-6-4-10(5-7-11)16-13-8-12(15)17-14(18-13)9-2-3-9/h4-9H,2-3H2,1H3,(H3,15,16,17,18). The van der Waals surface area contributed by atoms with Gasteiger partial charge in [-0.1, -0.05) is 0 Å². The quantitative estimate of drug-likeness (QED) is 0.879. The van der Waals surface area contributed by atoms with Crippen LogP contribution in [0.5, 0.6) is 5.75 Å². The predicted octanol–water partition coefficient (Wildman–Crippen LogP) is 2.69. The van der Waals surface area contributed by atoms with Gasteiger partial charge in [-0.25, -0.2) is 9.97 Å². The van der Waals surface area contributed by atoms with E-state index in [1.807, 2.05) is 24.3 Å². The molecular formula is C14H16N4O. The van der Waals surface area contributed by atoms with Crippen LogP contribution in [0, 0.1) is 0 Å². The highest BCUT2D eigenvalue weighted by Crippen LogP contribution is 2.38. The molecule has 3 rings (SSSR count). The first kappa shape index (κ1) is 11.8. The van der Waals surface area contributed by atoms with Gasteiger partial charge in [-0.15, -0.1) is 0 Å². The molecule has 98 valence electrons. The van der Waals surface area contributed by atoms with Gasteiger partial charge in [0.15, 0.2) is 0 Å². The van der Waals surface area contributed by atoms with E-state index in [1.54, 1.807) is 13.2 Å². The van der Waals surface area contributed by atoms with Gasteiger partial charge in [-0.05, 0) is 37.1 Å². The second-order valence-electron chi connectivity index (χ2n) is 4.66. The summed E-state index contributed by atoms with van der Waals surface area (Å²) in [4.78, 5) is 8.77. The SMILES string of the molecule is COc1ccc(Nc2cc(N)nc(C3CC3)n2)cc1. The summed E-state index contributed by atoms with van der Waals surface area (Å²) in [5, 5.41) is 3.23. The van der Waals surface area contributed by atoms with Crippen LogP contribution in [-0.4, -0.2) is 17.1 Å². The lowest BCUT2D eigenvalue weighted by Gasteiger charge is -2.08. The molecule has 0 aliphatic heterocycles. The first-order valence-corrected chi connectivity index (χ1v) is 6.30. The smallest absolute Gasteiger partial charge is 0.136 e. The number of benzene rings is 1. The van der Waals surface area contributed by atoms with Crippen molar-refractivity contribution in [3.63, 3.8) is 0 Å². The van der Waals surface area contributed by atoms with Crippen LogP contribution in [0.4, 0.5) is 17.3 Å². The third-order valence-corrected chi connectivity index (χ3v) is 3.07. The van der Waals surface area contributed by atoms with E-state index in [1.165, 1.54) is 0 Å². The molecule has 0 atom stereocenters. The van der Waals surface area contributed by atoms with Gasteiger partial charge in [0.25, 0.3) is 0 Å². The summed E-state index contributed by atoms with van der Waals surface area (Å²) in [5.41, 5.74) is 6.76. The van der Waals surface area contributed by atoms with Crippen LogP contribution in [0.3, 0.4) is 0 Å². The monoisotopic (exact) mass is 256 g/mol. The van der Waals surface area contributed by atoms with Crippen molar-refractivity contribution in [2.45, 2.75) is 18.8 Å². The Balaban J connectivity index is 1.81. The lowest BCUT2D eigenvalue weighted by Crippen LogP contribution is -2.02. The van der Waals surface area contributed by atoms with Crippen molar-refractivity contribution in [2.24, 2.45) is 0 Å². The first-order valence-electron chi connectivity index (χ1n) is 6.30. The number of nitrogens with one attached hydrogen (secondary N) is 1. The third-order valence-electron chi connectivity index (χ3n) is 3.07. The van der Waals surface area contributed by atoms with Gasteiger partial charge in [0.1, 0.15) is 23.2 Å². The lowest BCUT2D eigenvalue weighted by molar-refractivity contribution is 0.415. The number of hydrogen-bond acceptors (Lipinski definition) is 5. The van der Waals surface area contributed by atoms with Gasteiger partial charge in [0, 0.05) is 17.7 Å². The van der Waals surface area contributed by atoms with Crippen molar-refractivity contribution < 1.29 is 4.74 Å². The van der Waals surface area contributed by atoms with Crippen LogP contribution in [0.1, 0.15) is 24.6 Å². The minimum absolute atomic E-state index is 0.486. The maximum Gasteiger partial charge on any atom is 0.136 e. The summed E-state index contributed by atoms with van der Waals surface area (Å²) in [6.45, 7) is 0. The van der Waals surface area contributed by atoms with Gasteiger partial charge >= 0.3 is 0 Å². The van der Waals surface area contributed by atoms with Gasteiger partial charge in [0.05, 0.1) is 7.11 Å². The fraction of sp³-hybridized carbons (Fsp3) is 0.286. The lowest BCUT2D eigenvalue weighted by atomic mass is 10.3. The Morgan fingerprint density at radius 3 is 2.58 bits per heavy atom.